The molecular formula is C21H21F4N3O2. The molecule has 0 saturated heterocycles. The minimum absolute atomic E-state index is 0.0492. The number of benzene rings is 1. The van der Waals surface area contributed by atoms with Gasteiger partial charge in [0, 0.05) is 18.2 Å². The Balaban J connectivity index is 2.19. The first-order valence-corrected chi connectivity index (χ1v) is 9.12. The number of carbonyl (C=O) groups is 1. The van der Waals surface area contributed by atoms with E-state index in [1.54, 1.807) is 0 Å². The summed E-state index contributed by atoms with van der Waals surface area (Å²) in [7, 11) is 1.14. The first kappa shape index (κ1) is 21.6. The number of hydrogen-bond acceptors (Lipinski definition) is 3. The highest BCUT2D eigenvalue weighted by Gasteiger charge is 2.35. The fraction of sp³-hybridized carbons (Fsp3) is 0.333. The van der Waals surface area contributed by atoms with Crippen molar-refractivity contribution >= 4 is 17.4 Å². The van der Waals surface area contributed by atoms with Gasteiger partial charge in [0.25, 0.3) is 0 Å². The molecule has 2 heterocycles. The molecule has 0 saturated carbocycles. The Hall–Kier alpha value is -3.10. The number of amides is 1. The number of alkyl halides is 3. The van der Waals surface area contributed by atoms with Crippen LogP contribution in [-0.2, 0) is 11.0 Å². The van der Waals surface area contributed by atoms with Gasteiger partial charge in [-0.2, -0.15) is 13.2 Å². The topological polar surface area (TPSA) is 55.6 Å². The molecular weight excluding hydrogens is 402 g/mol. The van der Waals surface area contributed by atoms with Gasteiger partial charge in [0.1, 0.15) is 17.2 Å². The van der Waals surface area contributed by atoms with Crippen LogP contribution in [0.1, 0.15) is 32.8 Å². The van der Waals surface area contributed by atoms with Crippen LogP contribution in [0.15, 0.2) is 36.5 Å². The molecule has 0 aliphatic rings. The average Bonchev–Trinajstić information content (AvgIpc) is 2.95. The Morgan fingerprint density at radius 1 is 1.17 bits per heavy atom. The van der Waals surface area contributed by atoms with E-state index >= 15 is 0 Å². The van der Waals surface area contributed by atoms with Crippen molar-refractivity contribution < 1.29 is 27.1 Å². The van der Waals surface area contributed by atoms with E-state index in [0.29, 0.717) is 0 Å². The molecule has 9 heteroatoms. The lowest BCUT2D eigenvalue weighted by molar-refractivity contribution is -0.138. The lowest BCUT2D eigenvalue weighted by Crippen LogP contribution is -2.20. The molecule has 3 aromatic rings. The molecule has 0 aliphatic heterocycles. The quantitative estimate of drug-likeness (QED) is 0.561. The van der Waals surface area contributed by atoms with E-state index in [-0.39, 0.29) is 46.2 Å². The second kappa shape index (κ2) is 7.62. The number of nitrogens with zero attached hydrogens (tertiary/aromatic N) is 2. The Morgan fingerprint density at radius 2 is 1.87 bits per heavy atom. The summed E-state index contributed by atoms with van der Waals surface area (Å²) < 4.78 is 60.5. The number of halogens is 4. The minimum Gasteiger partial charge on any atom is -0.496 e. The van der Waals surface area contributed by atoms with E-state index in [2.05, 4.69) is 10.3 Å². The van der Waals surface area contributed by atoms with Crippen molar-refractivity contribution in [1.82, 2.24) is 9.38 Å². The van der Waals surface area contributed by atoms with Crippen molar-refractivity contribution in [2.75, 3.05) is 12.4 Å². The van der Waals surface area contributed by atoms with Crippen molar-refractivity contribution in [3.8, 4) is 17.0 Å². The van der Waals surface area contributed by atoms with E-state index in [1.165, 1.54) is 28.7 Å². The third-order valence-electron chi connectivity index (χ3n) is 4.31. The molecule has 0 unspecified atom stereocenters. The fourth-order valence-electron chi connectivity index (χ4n) is 3.12. The molecule has 0 aliphatic carbocycles. The molecule has 0 atom stereocenters. The van der Waals surface area contributed by atoms with Gasteiger partial charge in [0.2, 0.25) is 5.91 Å². The fourth-order valence-corrected chi connectivity index (χ4v) is 3.12. The highest BCUT2D eigenvalue weighted by molar-refractivity contribution is 5.94. The number of carbonyl (C=O) groups excluding carboxylic acids is 1. The standard InChI is InChI=1S/C21H21F4N3O2/c1-20(2,3)10-17(29)27-19-18(28-11-13(22)6-8-16(28)26-19)12-5-7-15(30-4)14(9-12)21(23,24)25/h5-9,11H,10H2,1-4H3,(H,27,29). The van der Waals surface area contributed by atoms with Gasteiger partial charge < -0.3 is 10.1 Å². The second-order valence-electron chi connectivity index (χ2n) is 8.08. The number of aromatic nitrogens is 2. The number of nitrogens with one attached hydrogen (secondary N) is 1. The number of hydrogen-bond donors (Lipinski definition) is 1. The molecule has 1 aromatic carbocycles. The summed E-state index contributed by atoms with van der Waals surface area (Å²) in [5.74, 6) is -1.24. The lowest BCUT2D eigenvalue weighted by Gasteiger charge is -2.17. The van der Waals surface area contributed by atoms with Crippen LogP contribution in [0.25, 0.3) is 16.9 Å². The van der Waals surface area contributed by atoms with Gasteiger partial charge in [-0.1, -0.05) is 20.8 Å². The third kappa shape index (κ3) is 4.55. The Bertz CT molecular complexity index is 1100. The molecule has 0 fully saturated rings. The van der Waals surface area contributed by atoms with Gasteiger partial charge in [0.05, 0.1) is 18.4 Å². The van der Waals surface area contributed by atoms with Crippen molar-refractivity contribution in [2.45, 2.75) is 33.4 Å². The van der Waals surface area contributed by atoms with Crippen LogP contribution in [0.4, 0.5) is 23.4 Å². The summed E-state index contributed by atoms with van der Waals surface area (Å²) in [6.45, 7) is 5.64. The summed E-state index contributed by atoms with van der Waals surface area (Å²) in [6.07, 6.45) is -3.39. The summed E-state index contributed by atoms with van der Waals surface area (Å²) in [5, 5.41) is 2.66. The van der Waals surface area contributed by atoms with Gasteiger partial charge in [-0.05, 0) is 35.7 Å². The van der Waals surface area contributed by atoms with Crippen LogP contribution in [-0.4, -0.2) is 22.4 Å². The number of methoxy groups -OCH3 is 1. The summed E-state index contributed by atoms with van der Waals surface area (Å²) in [4.78, 5) is 16.7. The van der Waals surface area contributed by atoms with Gasteiger partial charge in [-0.25, -0.2) is 9.37 Å². The number of rotatable bonds is 4. The van der Waals surface area contributed by atoms with E-state index in [1.807, 2.05) is 20.8 Å². The molecule has 0 spiro atoms. The predicted molar refractivity (Wildman–Crippen MR) is 105 cm³/mol. The van der Waals surface area contributed by atoms with E-state index in [9.17, 15) is 22.4 Å². The first-order valence-electron chi connectivity index (χ1n) is 9.12. The molecule has 0 bridgehead atoms. The Morgan fingerprint density at radius 3 is 2.47 bits per heavy atom. The average molecular weight is 423 g/mol. The minimum atomic E-state index is -4.66. The van der Waals surface area contributed by atoms with E-state index in [4.69, 9.17) is 4.74 Å². The molecule has 0 radical (unpaired) electrons. The maximum atomic E-state index is 13.9. The van der Waals surface area contributed by atoms with Gasteiger partial charge in [-0.3, -0.25) is 9.20 Å². The smallest absolute Gasteiger partial charge is 0.419 e. The van der Waals surface area contributed by atoms with Crippen molar-refractivity contribution in [3.63, 3.8) is 0 Å². The Kier molecular flexibility index (Phi) is 5.49. The number of imidazole rings is 1. The number of anilines is 1. The second-order valence-corrected chi connectivity index (χ2v) is 8.08. The van der Waals surface area contributed by atoms with Gasteiger partial charge >= 0.3 is 6.18 Å². The molecule has 1 N–H and O–H groups in total. The number of ether oxygens (including phenoxy) is 1. The molecule has 1 amide bonds. The van der Waals surface area contributed by atoms with Crippen LogP contribution in [0.2, 0.25) is 0 Å². The van der Waals surface area contributed by atoms with Crippen LogP contribution in [0.3, 0.4) is 0 Å². The highest BCUT2D eigenvalue weighted by atomic mass is 19.4. The zero-order chi connectivity index (χ0) is 22.3. The molecule has 3 rings (SSSR count). The van der Waals surface area contributed by atoms with Crippen LogP contribution in [0.5, 0.6) is 5.75 Å². The van der Waals surface area contributed by atoms with Gasteiger partial charge in [0.15, 0.2) is 5.82 Å². The lowest BCUT2D eigenvalue weighted by atomic mass is 9.92. The highest BCUT2D eigenvalue weighted by Crippen LogP contribution is 2.40. The number of pyridine rings is 1. The van der Waals surface area contributed by atoms with E-state index < -0.39 is 17.6 Å². The maximum Gasteiger partial charge on any atom is 0.419 e. The van der Waals surface area contributed by atoms with Crippen LogP contribution < -0.4 is 10.1 Å². The molecule has 5 nitrogen and oxygen atoms in total. The summed E-state index contributed by atoms with van der Waals surface area (Å²) >= 11 is 0. The monoisotopic (exact) mass is 423 g/mol. The van der Waals surface area contributed by atoms with E-state index in [0.717, 1.165) is 19.4 Å². The third-order valence-corrected chi connectivity index (χ3v) is 4.31. The molecule has 30 heavy (non-hydrogen) atoms. The zero-order valence-electron chi connectivity index (χ0n) is 16.9. The largest absolute Gasteiger partial charge is 0.496 e. The summed E-state index contributed by atoms with van der Waals surface area (Å²) in [5.41, 5.74) is -0.770. The van der Waals surface area contributed by atoms with Crippen molar-refractivity contribution in [1.29, 1.82) is 0 Å². The molecule has 2 aromatic heterocycles. The zero-order valence-corrected chi connectivity index (χ0v) is 16.9. The molecule has 160 valence electrons. The van der Waals surface area contributed by atoms with Gasteiger partial charge in [-0.15, -0.1) is 0 Å². The Labute approximate surface area is 170 Å². The van der Waals surface area contributed by atoms with Crippen LogP contribution in [0, 0.1) is 11.2 Å². The maximum absolute atomic E-state index is 13.9. The first-order chi connectivity index (χ1) is 13.9. The van der Waals surface area contributed by atoms with Crippen LogP contribution >= 0.6 is 0 Å². The van der Waals surface area contributed by atoms with Crippen molar-refractivity contribution in [3.05, 3.63) is 47.9 Å². The van der Waals surface area contributed by atoms with Crippen molar-refractivity contribution in [2.24, 2.45) is 5.41 Å². The number of fused-ring (bicyclic) bond motifs is 1. The SMILES string of the molecule is COc1ccc(-c2c(NC(=O)CC(C)(C)C)nc3ccc(F)cn23)cc1C(F)(F)F. The normalized spacial score (nSPS) is 12.3. The predicted octanol–water partition coefficient (Wildman–Crippen LogP) is 5.54. The summed E-state index contributed by atoms with van der Waals surface area (Å²) in [6, 6.07) is 6.04.